The predicted octanol–water partition coefficient (Wildman–Crippen LogP) is 2.64. The van der Waals surface area contributed by atoms with Gasteiger partial charge in [0.2, 0.25) is 0 Å². The minimum absolute atomic E-state index is 0.436. The smallest absolute Gasteiger partial charge is 0.0153 e. The number of nitrogens with zero attached hydrogens (tertiary/aromatic N) is 1. The van der Waals surface area contributed by atoms with Gasteiger partial charge in [0.15, 0.2) is 0 Å². The highest BCUT2D eigenvalue weighted by atomic mass is 15.1. The maximum absolute atomic E-state index is 3.76. The van der Waals surface area contributed by atoms with Crippen LogP contribution in [0.15, 0.2) is 0 Å². The Bertz CT molecular complexity index is 158. The molecule has 1 aliphatic carbocycles. The SMILES string of the molecule is CCN(CC)CCNC1(C)CCCCC1. The van der Waals surface area contributed by atoms with Crippen LogP contribution in [0.2, 0.25) is 0 Å². The first-order chi connectivity index (χ1) is 7.20. The quantitative estimate of drug-likeness (QED) is 0.728. The highest BCUT2D eigenvalue weighted by Crippen LogP contribution is 2.27. The third-order valence-corrected chi connectivity index (χ3v) is 3.83. The topological polar surface area (TPSA) is 15.3 Å². The number of likely N-dealkylation sites (N-methyl/N-ethyl adjacent to an activating group) is 1. The minimum Gasteiger partial charge on any atom is -0.310 e. The molecule has 0 spiro atoms. The maximum Gasteiger partial charge on any atom is 0.0153 e. The van der Waals surface area contributed by atoms with E-state index in [1.54, 1.807) is 0 Å². The van der Waals surface area contributed by atoms with Gasteiger partial charge in [0.05, 0.1) is 0 Å². The van der Waals surface area contributed by atoms with Gasteiger partial charge in [0.25, 0.3) is 0 Å². The van der Waals surface area contributed by atoms with Gasteiger partial charge in [-0.2, -0.15) is 0 Å². The van der Waals surface area contributed by atoms with Crippen LogP contribution in [0.4, 0.5) is 0 Å². The van der Waals surface area contributed by atoms with Crippen molar-refractivity contribution >= 4 is 0 Å². The van der Waals surface area contributed by atoms with E-state index in [4.69, 9.17) is 0 Å². The predicted molar refractivity (Wildman–Crippen MR) is 67.3 cm³/mol. The largest absolute Gasteiger partial charge is 0.310 e. The summed E-state index contributed by atoms with van der Waals surface area (Å²) in [5.74, 6) is 0. The van der Waals surface area contributed by atoms with Crippen LogP contribution < -0.4 is 5.32 Å². The Morgan fingerprint density at radius 1 is 1.07 bits per heavy atom. The van der Waals surface area contributed by atoms with Crippen LogP contribution >= 0.6 is 0 Å². The Morgan fingerprint density at radius 2 is 1.67 bits per heavy atom. The van der Waals surface area contributed by atoms with Crippen LogP contribution in [0.1, 0.15) is 52.9 Å². The van der Waals surface area contributed by atoms with Crippen LogP contribution in [0, 0.1) is 0 Å². The average molecular weight is 212 g/mol. The number of hydrogen-bond acceptors (Lipinski definition) is 2. The van der Waals surface area contributed by atoms with Gasteiger partial charge in [-0.05, 0) is 32.9 Å². The first-order valence-corrected chi connectivity index (χ1v) is 6.67. The fourth-order valence-electron chi connectivity index (χ4n) is 2.56. The Kier molecular flexibility index (Phi) is 5.62. The van der Waals surface area contributed by atoms with Crippen molar-refractivity contribution in [1.82, 2.24) is 10.2 Å². The molecule has 0 aliphatic heterocycles. The van der Waals surface area contributed by atoms with Crippen molar-refractivity contribution in [3.8, 4) is 0 Å². The van der Waals surface area contributed by atoms with Gasteiger partial charge in [0.1, 0.15) is 0 Å². The zero-order chi connectivity index (χ0) is 11.1. The van der Waals surface area contributed by atoms with Gasteiger partial charge >= 0.3 is 0 Å². The van der Waals surface area contributed by atoms with E-state index < -0.39 is 0 Å². The van der Waals surface area contributed by atoms with E-state index in [1.165, 1.54) is 51.7 Å². The monoisotopic (exact) mass is 212 g/mol. The number of hydrogen-bond donors (Lipinski definition) is 1. The molecule has 1 rings (SSSR count). The summed E-state index contributed by atoms with van der Waals surface area (Å²) in [5, 5.41) is 3.76. The van der Waals surface area contributed by atoms with Crippen LogP contribution in [0.3, 0.4) is 0 Å². The Morgan fingerprint density at radius 3 is 2.20 bits per heavy atom. The van der Waals surface area contributed by atoms with Crippen molar-refractivity contribution in [1.29, 1.82) is 0 Å². The molecule has 1 N–H and O–H groups in total. The van der Waals surface area contributed by atoms with E-state index in [0.29, 0.717) is 5.54 Å². The summed E-state index contributed by atoms with van der Waals surface area (Å²) >= 11 is 0. The standard InChI is InChI=1S/C13H28N2/c1-4-15(5-2)12-11-14-13(3)9-7-6-8-10-13/h14H,4-12H2,1-3H3. The lowest BCUT2D eigenvalue weighted by molar-refractivity contribution is 0.230. The summed E-state index contributed by atoms with van der Waals surface area (Å²) in [6, 6.07) is 0. The molecule has 1 aliphatic rings. The first kappa shape index (κ1) is 13.0. The molecule has 90 valence electrons. The second-order valence-corrected chi connectivity index (χ2v) is 5.07. The molecule has 1 saturated carbocycles. The highest BCUT2D eigenvalue weighted by Gasteiger charge is 2.25. The summed E-state index contributed by atoms with van der Waals surface area (Å²) < 4.78 is 0. The second kappa shape index (κ2) is 6.49. The van der Waals surface area contributed by atoms with E-state index >= 15 is 0 Å². The van der Waals surface area contributed by atoms with Crippen LogP contribution in [-0.2, 0) is 0 Å². The fraction of sp³-hybridized carbons (Fsp3) is 1.00. The number of nitrogens with one attached hydrogen (secondary N) is 1. The summed E-state index contributed by atoms with van der Waals surface area (Å²) in [4.78, 5) is 2.49. The maximum atomic E-state index is 3.76. The Labute approximate surface area is 95.4 Å². The zero-order valence-corrected chi connectivity index (χ0v) is 10.8. The van der Waals surface area contributed by atoms with Crippen molar-refractivity contribution in [3.05, 3.63) is 0 Å². The molecule has 0 saturated heterocycles. The average Bonchev–Trinajstić information content (AvgIpc) is 2.25. The summed E-state index contributed by atoms with van der Waals surface area (Å²) in [7, 11) is 0. The van der Waals surface area contributed by atoms with E-state index in [9.17, 15) is 0 Å². The molecule has 0 aromatic carbocycles. The summed E-state index contributed by atoms with van der Waals surface area (Å²) in [6.07, 6.45) is 6.99. The first-order valence-electron chi connectivity index (χ1n) is 6.67. The molecule has 1 fully saturated rings. The normalized spacial score (nSPS) is 20.8. The molecule has 2 heteroatoms. The van der Waals surface area contributed by atoms with Crippen molar-refractivity contribution < 1.29 is 0 Å². The molecule has 0 heterocycles. The molecule has 2 nitrogen and oxygen atoms in total. The van der Waals surface area contributed by atoms with Crippen molar-refractivity contribution in [2.75, 3.05) is 26.2 Å². The van der Waals surface area contributed by atoms with Gasteiger partial charge in [-0.25, -0.2) is 0 Å². The molecule has 0 atom stereocenters. The van der Waals surface area contributed by atoms with Crippen molar-refractivity contribution in [2.45, 2.75) is 58.4 Å². The van der Waals surface area contributed by atoms with Gasteiger partial charge < -0.3 is 10.2 Å². The molecule has 0 radical (unpaired) electrons. The van der Waals surface area contributed by atoms with Gasteiger partial charge in [-0.1, -0.05) is 33.1 Å². The third-order valence-electron chi connectivity index (χ3n) is 3.83. The van der Waals surface area contributed by atoms with Crippen molar-refractivity contribution in [2.24, 2.45) is 0 Å². The minimum atomic E-state index is 0.436. The van der Waals surface area contributed by atoms with Gasteiger partial charge in [-0.3, -0.25) is 0 Å². The Balaban J connectivity index is 2.17. The summed E-state index contributed by atoms with van der Waals surface area (Å²) in [5.41, 5.74) is 0.436. The van der Waals surface area contributed by atoms with E-state index in [0.717, 1.165) is 6.54 Å². The van der Waals surface area contributed by atoms with Crippen LogP contribution in [0.5, 0.6) is 0 Å². The third kappa shape index (κ3) is 4.52. The molecular weight excluding hydrogens is 184 g/mol. The lowest BCUT2D eigenvalue weighted by Crippen LogP contribution is -2.47. The molecular formula is C13H28N2. The summed E-state index contributed by atoms with van der Waals surface area (Å²) in [6.45, 7) is 11.6. The Hall–Kier alpha value is -0.0800. The molecule has 0 aromatic rings. The lowest BCUT2D eigenvalue weighted by atomic mass is 9.83. The van der Waals surface area contributed by atoms with Gasteiger partial charge in [-0.15, -0.1) is 0 Å². The molecule has 15 heavy (non-hydrogen) atoms. The molecule has 0 aromatic heterocycles. The molecule has 0 amide bonds. The fourth-order valence-corrected chi connectivity index (χ4v) is 2.56. The van der Waals surface area contributed by atoms with E-state index in [2.05, 4.69) is 31.0 Å². The number of rotatable bonds is 6. The van der Waals surface area contributed by atoms with Crippen LogP contribution in [-0.4, -0.2) is 36.6 Å². The molecule has 0 bridgehead atoms. The lowest BCUT2D eigenvalue weighted by Gasteiger charge is -2.35. The molecule has 0 unspecified atom stereocenters. The van der Waals surface area contributed by atoms with Gasteiger partial charge in [0, 0.05) is 18.6 Å². The van der Waals surface area contributed by atoms with E-state index in [1.807, 2.05) is 0 Å². The van der Waals surface area contributed by atoms with E-state index in [-0.39, 0.29) is 0 Å². The van der Waals surface area contributed by atoms with Crippen LogP contribution in [0.25, 0.3) is 0 Å². The van der Waals surface area contributed by atoms with Crippen molar-refractivity contribution in [3.63, 3.8) is 0 Å². The second-order valence-electron chi connectivity index (χ2n) is 5.07. The zero-order valence-electron chi connectivity index (χ0n) is 10.8. The highest BCUT2D eigenvalue weighted by molar-refractivity contribution is 4.86.